The van der Waals surface area contributed by atoms with Gasteiger partial charge in [-0.05, 0) is 36.1 Å². The summed E-state index contributed by atoms with van der Waals surface area (Å²) in [5.74, 6) is 0.307. The van der Waals surface area contributed by atoms with Crippen LogP contribution in [-0.4, -0.2) is 15.4 Å². The predicted molar refractivity (Wildman–Crippen MR) is 65.0 cm³/mol. The smallest absolute Gasteiger partial charge is 0.0830 e. The lowest BCUT2D eigenvalue weighted by molar-refractivity contribution is 0.736. The van der Waals surface area contributed by atoms with Gasteiger partial charge < -0.3 is 0 Å². The third-order valence-corrected chi connectivity index (χ3v) is 2.87. The van der Waals surface area contributed by atoms with Crippen molar-refractivity contribution >= 4 is 23.2 Å². The molecule has 0 aliphatic rings. The Morgan fingerprint density at radius 3 is 2.50 bits per heavy atom. The lowest BCUT2D eigenvalue weighted by atomic mass is 9.97. The molecule has 0 aliphatic heterocycles. The van der Waals surface area contributed by atoms with Crippen LogP contribution in [0.3, 0.4) is 0 Å². The van der Waals surface area contributed by atoms with Crippen LogP contribution in [0, 0.1) is 0 Å². The van der Waals surface area contributed by atoms with Crippen molar-refractivity contribution in [3.8, 4) is 0 Å². The van der Waals surface area contributed by atoms with E-state index in [1.165, 1.54) is 0 Å². The van der Waals surface area contributed by atoms with E-state index in [2.05, 4.69) is 22.3 Å². The second kappa shape index (κ2) is 4.85. The molecule has 1 unspecified atom stereocenters. The van der Waals surface area contributed by atoms with Gasteiger partial charge in [0.1, 0.15) is 0 Å². The molecule has 0 radical (unpaired) electrons. The molecule has 0 aliphatic carbocycles. The van der Waals surface area contributed by atoms with Gasteiger partial charge in [-0.25, -0.2) is 0 Å². The van der Waals surface area contributed by atoms with E-state index in [1.807, 2.05) is 12.1 Å². The van der Waals surface area contributed by atoms with Gasteiger partial charge in [-0.15, -0.1) is 0 Å². The van der Waals surface area contributed by atoms with Crippen LogP contribution in [-0.2, 0) is 6.42 Å². The first-order valence-corrected chi connectivity index (χ1v) is 5.71. The number of rotatable bonds is 3. The maximum absolute atomic E-state index is 5.96. The van der Waals surface area contributed by atoms with Gasteiger partial charge in [0.05, 0.1) is 11.9 Å². The first kappa shape index (κ1) is 11.4. The topological polar surface area (TPSA) is 41.6 Å². The van der Waals surface area contributed by atoms with Crippen LogP contribution in [0.1, 0.15) is 24.1 Å². The van der Waals surface area contributed by atoms with Gasteiger partial charge >= 0.3 is 0 Å². The molecule has 0 amide bonds. The SMILES string of the molecule is CC(Cc1cn[nH]n1)c1cc(Cl)cc(Cl)c1. The Balaban J connectivity index is 2.17. The zero-order valence-electron chi connectivity index (χ0n) is 8.74. The number of nitrogens with zero attached hydrogens (tertiary/aromatic N) is 2. The Labute approximate surface area is 104 Å². The van der Waals surface area contributed by atoms with E-state index >= 15 is 0 Å². The van der Waals surface area contributed by atoms with E-state index in [4.69, 9.17) is 23.2 Å². The summed E-state index contributed by atoms with van der Waals surface area (Å²) in [6.07, 6.45) is 2.54. The van der Waals surface area contributed by atoms with E-state index in [0.717, 1.165) is 17.7 Å². The molecule has 0 saturated heterocycles. The zero-order valence-corrected chi connectivity index (χ0v) is 10.3. The quantitative estimate of drug-likeness (QED) is 0.913. The third kappa shape index (κ3) is 2.74. The summed E-state index contributed by atoms with van der Waals surface area (Å²) in [5, 5.41) is 11.7. The van der Waals surface area contributed by atoms with Gasteiger partial charge in [0.25, 0.3) is 0 Å². The van der Waals surface area contributed by atoms with Crippen molar-refractivity contribution in [3.05, 3.63) is 45.7 Å². The molecule has 0 bridgehead atoms. The molecule has 3 nitrogen and oxygen atoms in total. The molecule has 1 aromatic heterocycles. The molecule has 1 heterocycles. The molecule has 0 fully saturated rings. The molecule has 16 heavy (non-hydrogen) atoms. The molecule has 1 N–H and O–H groups in total. The Morgan fingerprint density at radius 1 is 1.25 bits per heavy atom. The third-order valence-electron chi connectivity index (χ3n) is 2.43. The normalized spacial score (nSPS) is 12.7. The van der Waals surface area contributed by atoms with Gasteiger partial charge in [-0.2, -0.15) is 15.4 Å². The Morgan fingerprint density at radius 2 is 1.94 bits per heavy atom. The van der Waals surface area contributed by atoms with Crippen molar-refractivity contribution in [2.24, 2.45) is 0 Å². The highest BCUT2D eigenvalue weighted by Crippen LogP contribution is 2.26. The summed E-state index contributed by atoms with van der Waals surface area (Å²) >= 11 is 11.9. The summed E-state index contributed by atoms with van der Waals surface area (Å²) in [6, 6.07) is 5.59. The number of aromatic nitrogens is 3. The molecule has 1 atom stereocenters. The molecular formula is C11H11Cl2N3. The Bertz CT molecular complexity index is 448. The van der Waals surface area contributed by atoms with Gasteiger partial charge in [-0.1, -0.05) is 30.1 Å². The molecule has 5 heteroatoms. The Hall–Kier alpha value is -1.06. The van der Waals surface area contributed by atoms with Crippen molar-refractivity contribution in [3.63, 3.8) is 0 Å². The van der Waals surface area contributed by atoms with Gasteiger partial charge in [0.15, 0.2) is 0 Å². The average molecular weight is 256 g/mol. The standard InChI is InChI=1S/C11H11Cl2N3/c1-7(2-11-6-14-16-15-11)8-3-9(12)5-10(13)4-8/h3-7H,2H2,1H3,(H,14,15,16). The lowest BCUT2D eigenvalue weighted by Crippen LogP contribution is -1.99. The fourth-order valence-corrected chi connectivity index (χ4v) is 2.16. The van der Waals surface area contributed by atoms with Crippen LogP contribution in [0.25, 0.3) is 0 Å². The molecule has 0 spiro atoms. The van der Waals surface area contributed by atoms with Crippen molar-refractivity contribution < 1.29 is 0 Å². The number of benzene rings is 1. The van der Waals surface area contributed by atoms with Gasteiger partial charge in [0.2, 0.25) is 0 Å². The molecular weight excluding hydrogens is 245 g/mol. The first-order chi connectivity index (χ1) is 7.65. The van der Waals surface area contributed by atoms with Crippen LogP contribution in [0.15, 0.2) is 24.4 Å². The number of aromatic amines is 1. The fraction of sp³-hybridized carbons (Fsp3) is 0.273. The molecule has 1 aromatic carbocycles. The summed E-state index contributed by atoms with van der Waals surface area (Å²) in [4.78, 5) is 0. The molecule has 2 rings (SSSR count). The van der Waals surface area contributed by atoms with Crippen LogP contribution in [0.4, 0.5) is 0 Å². The minimum atomic E-state index is 0.307. The van der Waals surface area contributed by atoms with Crippen LogP contribution >= 0.6 is 23.2 Å². The summed E-state index contributed by atoms with van der Waals surface area (Å²) in [5.41, 5.74) is 2.05. The van der Waals surface area contributed by atoms with Crippen molar-refractivity contribution in [2.75, 3.05) is 0 Å². The number of H-pyrrole nitrogens is 1. The summed E-state index contributed by atoms with van der Waals surface area (Å²) < 4.78 is 0. The van der Waals surface area contributed by atoms with Gasteiger partial charge in [0, 0.05) is 10.0 Å². The van der Waals surface area contributed by atoms with Crippen molar-refractivity contribution in [1.82, 2.24) is 15.4 Å². The summed E-state index contributed by atoms with van der Waals surface area (Å²) in [6.45, 7) is 2.11. The van der Waals surface area contributed by atoms with Crippen molar-refractivity contribution in [1.29, 1.82) is 0 Å². The second-order valence-electron chi connectivity index (χ2n) is 3.77. The molecule has 2 aromatic rings. The van der Waals surface area contributed by atoms with Crippen LogP contribution in [0.5, 0.6) is 0 Å². The average Bonchev–Trinajstić information content (AvgIpc) is 2.68. The number of halogens is 2. The highest BCUT2D eigenvalue weighted by atomic mass is 35.5. The van der Waals surface area contributed by atoms with Crippen LogP contribution in [0.2, 0.25) is 10.0 Å². The largest absolute Gasteiger partial charge is 0.198 e. The fourth-order valence-electron chi connectivity index (χ4n) is 1.61. The highest BCUT2D eigenvalue weighted by Gasteiger charge is 2.10. The van der Waals surface area contributed by atoms with E-state index in [0.29, 0.717) is 16.0 Å². The minimum absolute atomic E-state index is 0.307. The number of nitrogens with one attached hydrogen (secondary N) is 1. The molecule has 84 valence electrons. The highest BCUT2D eigenvalue weighted by molar-refractivity contribution is 6.34. The molecule has 0 saturated carbocycles. The van der Waals surface area contributed by atoms with Crippen LogP contribution < -0.4 is 0 Å². The Kier molecular flexibility index (Phi) is 3.46. The minimum Gasteiger partial charge on any atom is -0.198 e. The maximum Gasteiger partial charge on any atom is 0.0830 e. The monoisotopic (exact) mass is 255 g/mol. The van der Waals surface area contributed by atoms with E-state index in [9.17, 15) is 0 Å². The van der Waals surface area contributed by atoms with Crippen molar-refractivity contribution in [2.45, 2.75) is 19.3 Å². The lowest BCUT2D eigenvalue weighted by Gasteiger charge is -2.10. The van der Waals surface area contributed by atoms with E-state index < -0.39 is 0 Å². The number of hydrogen-bond acceptors (Lipinski definition) is 2. The second-order valence-corrected chi connectivity index (χ2v) is 4.64. The van der Waals surface area contributed by atoms with E-state index in [1.54, 1.807) is 12.3 Å². The summed E-state index contributed by atoms with van der Waals surface area (Å²) in [7, 11) is 0. The first-order valence-electron chi connectivity index (χ1n) is 4.96. The zero-order chi connectivity index (χ0) is 11.5. The van der Waals surface area contributed by atoms with Gasteiger partial charge in [-0.3, -0.25) is 0 Å². The predicted octanol–water partition coefficient (Wildman–Crippen LogP) is 3.46. The van der Waals surface area contributed by atoms with E-state index in [-0.39, 0.29) is 0 Å². The maximum atomic E-state index is 5.96. The number of hydrogen-bond donors (Lipinski definition) is 1.